The molecule has 96 valence electrons. The summed E-state index contributed by atoms with van der Waals surface area (Å²) in [5.74, 6) is 0. The molecule has 0 radical (unpaired) electrons. The van der Waals surface area contributed by atoms with Crippen molar-refractivity contribution in [3.8, 4) is 0 Å². The summed E-state index contributed by atoms with van der Waals surface area (Å²) in [6, 6.07) is 10.8. The van der Waals surface area contributed by atoms with Gasteiger partial charge < -0.3 is 10.8 Å². The monoisotopic (exact) mass is 279 g/mol. The summed E-state index contributed by atoms with van der Waals surface area (Å²) < 4.78 is 0.262. The van der Waals surface area contributed by atoms with Gasteiger partial charge in [0.15, 0.2) is 0 Å². The summed E-state index contributed by atoms with van der Waals surface area (Å²) in [7, 11) is 0. The first-order valence-corrected chi connectivity index (χ1v) is 7.93. The van der Waals surface area contributed by atoms with Gasteiger partial charge in [0.1, 0.15) is 0 Å². The molecule has 2 fully saturated rings. The van der Waals surface area contributed by atoms with Gasteiger partial charge in [-0.3, -0.25) is 0 Å². The molecule has 0 aromatic heterocycles. The molecule has 1 aromatic carbocycles. The minimum atomic E-state index is -0.0214. The second kappa shape index (κ2) is 4.30. The van der Waals surface area contributed by atoms with E-state index in [1.165, 1.54) is 5.56 Å². The molecule has 4 rings (SSSR count). The number of aliphatic hydroxyl groups is 1. The fraction of sp³-hybridized carbons (Fsp3) is 0.429. The lowest BCUT2D eigenvalue weighted by Gasteiger charge is -2.16. The van der Waals surface area contributed by atoms with Gasteiger partial charge in [0.2, 0.25) is 0 Å². The van der Waals surface area contributed by atoms with E-state index in [2.05, 4.69) is 54.2 Å². The summed E-state index contributed by atoms with van der Waals surface area (Å²) in [5.41, 5.74) is 7.60. The van der Waals surface area contributed by atoms with Crippen LogP contribution in [0.5, 0.6) is 0 Å². The molecule has 4 heteroatoms. The third-order valence-electron chi connectivity index (χ3n) is 3.50. The maximum Gasteiger partial charge on any atom is 0.0943 e. The molecule has 2 nitrogen and oxygen atoms in total. The largest absolute Gasteiger partial charge is 0.397 e. The number of thioether (sulfide) groups is 2. The van der Waals surface area contributed by atoms with Gasteiger partial charge in [-0.25, -0.2) is 0 Å². The molecule has 2 heterocycles. The zero-order valence-corrected chi connectivity index (χ0v) is 11.9. The lowest BCUT2D eigenvalue weighted by Crippen LogP contribution is -2.32. The van der Waals surface area contributed by atoms with E-state index >= 15 is 0 Å². The Bertz CT molecular complexity index is 478. The van der Waals surface area contributed by atoms with Crippen LogP contribution in [-0.2, 0) is 4.75 Å². The molecular weight excluding hydrogens is 262 g/mol. The molecule has 0 spiro atoms. The summed E-state index contributed by atoms with van der Waals surface area (Å²) in [6.07, 6.45) is 4.54. The summed E-state index contributed by atoms with van der Waals surface area (Å²) >= 11 is 3.97. The van der Waals surface area contributed by atoms with Gasteiger partial charge in [0.25, 0.3) is 0 Å². The van der Waals surface area contributed by atoms with E-state index in [-0.39, 0.29) is 16.2 Å². The van der Waals surface area contributed by atoms with Crippen LogP contribution in [-0.4, -0.2) is 27.1 Å². The summed E-state index contributed by atoms with van der Waals surface area (Å²) in [4.78, 5) is -0.0214. The Kier molecular flexibility index (Phi) is 3.01. The number of rotatable bonds is 1. The minimum absolute atomic E-state index is 0.0214. The molecule has 2 aliphatic heterocycles. The number of aliphatic hydroxyl groups excluding tert-OH is 1. The molecule has 1 aliphatic carbocycles. The number of benzene rings is 1. The first-order chi connectivity index (χ1) is 8.66. The maximum atomic E-state index is 7.57. The van der Waals surface area contributed by atoms with Crippen molar-refractivity contribution in [3.63, 3.8) is 0 Å². The highest BCUT2D eigenvalue weighted by Crippen LogP contribution is 2.75. The Morgan fingerprint density at radius 3 is 2.50 bits per heavy atom. The lowest BCUT2D eigenvalue weighted by atomic mass is 9.88. The van der Waals surface area contributed by atoms with E-state index in [0.717, 1.165) is 0 Å². The molecule has 1 aromatic rings. The Morgan fingerprint density at radius 1 is 1.17 bits per heavy atom. The molecule has 0 bridgehead atoms. The van der Waals surface area contributed by atoms with Crippen molar-refractivity contribution in [1.29, 1.82) is 0 Å². The van der Waals surface area contributed by atoms with Gasteiger partial charge in [-0.1, -0.05) is 42.5 Å². The topological polar surface area (TPSA) is 46.2 Å². The predicted octanol–water partition coefficient (Wildman–Crippen LogP) is 2.34. The smallest absolute Gasteiger partial charge is 0.0943 e. The fourth-order valence-electron chi connectivity index (χ4n) is 2.50. The number of fused-ring (bicyclic) bond motifs is 3. The zero-order valence-electron chi connectivity index (χ0n) is 10.2. The van der Waals surface area contributed by atoms with Crippen molar-refractivity contribution in [1.82, 2.24) is 0 Å². The van der Waals surface area contributed by atoms with Gasteiger partial charge in [0.05, 0.1) is 14.9 Å². The van der Waals surface area contributed by atoms with Crippen molar-refractivity contribution in [2.45, 2.75) is 27.0 Å². The van der Waals surface area contributed by atoms with Crippen molar-refractivity contribution >= 4 is 23.5 Å². The molecule has 3 N–H and O–H groups in total. The molecule has 4 atom stereocenters. The highest BCUT2D eigenvalue weighted by Gasteiger charge is 2.72. The Hall–Kier alpha value is -0.420. The second-order valence-electron chi connectivity index (χ2n) is 4.74. The van der Waals surface area contributed by atoms with Gasteiger partial charge in [-0.2, -0.15) is 0 Å². The maximum absolute atomic E-state index is 7.57. The zero-order chi connectivity index (χ0) is 12.8. The molecule has 18 heavy (non-hydrogen) atoms. The third-order valence-corrected chi connectivity index (χ3v) is 6.79. The van der Waals surface area contributed by atoms with Crippen LogP contribution < -0.4 is 5.73 Å². The van der Waals surface area contributed by atoms with E-state index in [0.29, 0.717) is 10.5 Å². The molecule has 4 unspecified atom stereocenters. The SMILES string of the molecule is CCO.NC12C=CC3(c4ccccc4)SC3C1S2. The number of nitrogens with two attached hydrogens (primary N) is 1. The van der Waals surface area contributed by atoms with Gasteiger partial charge in [-0.05, 0) is 12.5 Å². The van der Waals surface area contributed by atoms with E-state index < -0.39 is 0 Å². The van der Waals surface area contributed by atoms with Crippen LogP contribution in [0.3, 0.4) is 0 Å². The Labute approximate surface area is 116 Å². The van der Waals surface area contributed by atoms with Crippen molar-refractivity contribution in [2.75, 3.05) is 6.61 Å². The van der Waals surface area contributed by atoms with Crippen molar-refractivity contribution in [3.05, 3.63) is 48.0 Å². The number of hydrogen-bond donors (Lipinski definition) is 2. The second-order valence-corrected chi connectivity index (χ2v) is 7.61. The average Bonchev–Trinajstić information content (AvgIpc) is 3.23. The molecule has 3 aliphatic rings. The molecule has 2 saturated heterocycles. The highest BCUT2D eigenvalue weighted by molar-refractivity contribution is 8.14. The number of hydrogen-bond acceptors (Lipinski definition) is 4. The lowest BCUT2D eigenvalue weighted by molar-refractivity contribution is 0.318. The quantitative estimate of drug-likeness (QED) is 0.612. The van der Waals surface area contributed by atoms with Crippen LogP contribution in [0.1, 0.15) is 12.5 Å². The average molecular weight is 279 g/mol. The van der Waals surface area contributed by atoms with E-state index in [4.69, 9.17) is 10.8 Å². The fourth-order valence-corrected chi connectivity index (χ4v) is 5.54. The first-order valence-electron chi connectivity index (χ1n) is 6.17. The van der Waals surface area contributed by atoms with Crippen LogP contribution in [0.15, 0.2) is 42.5 Å². The van der Waals surface area contributed by atoms with Crippen molar-refractivity contribution in [2.24, 2.45) is 5.73 Å². The van der Waals surface area contributed by atoms with Crippen LogP contribution in [0.4, 0.5) is 0 Å². The highest BCUT2D eigenvalue weighted by atomic mass is 32.2. The van der Waals surface area contributed by atoms with E-state index in [1.807, 2.05) is 11.8 Å². The predicted molar refractivity (Wildman–Crippen MR) is 79.7 cm³/mol. The van der Waals surface area contributed by atoms with E-state index in [1.54, 1.807) is 6.92 Å². The molecule has 0 amide bonds. The summed E-state index contributed by atoms with van der Waals surface area (Å²) in [6.45, 7) is 1.93. The van der Waals surface area contributed by atoms with Crippen molar-refractivity contribution < 1.29 is 5.11 Å². The van der Waals surface area contributed by atoms with Crippen LogP contribution >= 0.6 is 23.5 Å². The standard InChI is InChI=1S/C12H11NS2.C2H6O/c13-12-7-6-11(8-4-2-1-3-5-8)9(14-11)10(12)15-12;1-2-3/h1-7,9-10H,13H2;3H,2H2,1H3. The molecular formula is C14H17NOS2. The summed E-state index contributed by atoms with van der Waals surface area (Å²) in [5, 5.41) is 8.92. The Morgan fingerprint density at radius 2 is 1.83 bits per heavy atom. The van der Waals surface area contributed by atoms with Gasteiger partial charge >= 0.3 is 0 Å². The van der Waals surface area contributed by atoms with Crippen LogP contribution in [0, 0.1) is 0 Å². The van der Waals surface area contributed by atoms with Crippen LogP contribution in [0.25, 0.3) is 0 Å². The normalized spacial score (nSPS) is 42.2. The van der Waals surface area contributed by atoms with Crippen LogP contribution in [0.2, 0.25) is 0 Å². The van der Waals surface area contributed by atoms with Gasteiger partial charge in [-0.15, -0.1) is 23.5 Å². The Balaban J connectivity index is 0.000000307. The minimum Gasteiger partial charge on any atom is -0.397 e. The van der Waals surface area contributed by atoms with Gasteiger partial charge in [0, 0.05) is 11.9 Å². The molecule has 0 saturated carbocycles. The third kappa shape index (κ3) is 1.83. The van der Waals surface area contributed by atoms with E-state index in [9.17, 15) is 0 Å². The first kappa shape index (κ1) is 12.6.